The van der Waals surface area contributed by atoms with Crippen LogP contribution in [-0.2, 0) is 5.41 Å². The largest absolute Gasteiger partial charge is 0.461 e. The van der Waals surface area contributed by atoms with E-state index in [4.69, 9.17) is 14.7 Å². The number of allylic oxidation sites excluding steroid dienone is 4. The number of hydrogen-bond donors (Lipinski definition) is 0. The van der Waals surface area contributed by atoms with Crippen LogP contribution in [0.2, 0.25) is 0 Å². The average molecular weight is 641 g/mol. The molecule has 3 heteroatoms. The summed E-state index contributed by atoms with van der Waals surface area (Å²) in [5, 5.41) is 0. The quantitative estimate of drug-likeness (QED) is 0.192. The van der Waals surface area contributed by atoms with Gasteiger partial charge in [-0.2, -0.15) is 0 Å². The van der Waals surface area contributed by atoms with Crippen molar-refractivity contribution in [2.24, 2.45) is 0 Å². The van der Waals surface area contributed by atoms with Crippen LogP contribution >= 0.6 is 0 Å². The zero-order valence-corrected chi connectivity index (χ0v) is 27.3. The van der Waals surface area contributed by atoms with Crippen LogP contribution in [0.5, 0.6) is 5.75 Å². The molecule has 0 fully saturated rings. The van der Waals surface area contributed by atoms with E-state index >= 15 is 0 Å². The minimum atomic E-state index is -0.467. The van der Waals surface area contributed by atoms with Crippen LogP contribution in [0.3, 0.4) is 0 Å². The molecule has 3 aliphatic rings. The molecule has 1 aromatic heterocycles. The zero-order valence-electron chi connectivity index (χ0n) is 27.3. The topological polar surface area (TPSA) is 35.0 Å². The van der Waals surface area contributed by atoms with Crippen LogP contribution in [0.4, 0.5) is 0 Å². The van der Waals surface area contributed by atoms with Crippen LogP contribution in [0.25, 0.3) is 44.8 Å². The molecule has 0 bridgehead atoms. The highest BCUT2D eigenvalue weighted by atomic mass is 16.5. The normalized spacial score (nSPS) is 16.3. The molecule has 1 spiro atoms. The predicted octanol–water partition coefficient (Wildman–Crippen LogP) is 11.2. The molecule has 236 valence electrons. The first-order valence-corrected chi connectivity index (χ1v) is 17.3. The Balaban J connectivity index is 1.14. The van der Waals surface area contributed by atoms with Crippen LogP contribution in [0, 0.1) is 0 Å². The van der Waals surface area contributed by atoms with Crippen LogP contribution in [0.15, 0.2) is 187 Å². The third kappa shape index (κ3) is 4.30. The van der Waals surface area contributed by atoms with Gasteiger partial charge in [0.1, 0.15) is 17.3 Å². The summed E-state index contributed by atoms with van der Waals surface area (Å²) < 4.78 is 6.88. The first-order chi connectivity index (χ1) is 24.8. The second-order valence-electron chi connectivity index (χ2n) is 13.2. The number of nitrogens with zero attached hydrogens (tertiary/aromatic N) is 2. The Hall–Kier alpha value is -6.32. The Kier molecular flexibility index (Phi) is 6.53. The van der Waals surface area contributed by atoms with Crippen molar-refractivity contribution in [2.45, 2.75) is 17.8 Å². The maximum Gasteiger partial charge on any atom is 0.136 e. The summed E-state index contributed by atoms with van der Waals surface area (Å²) in [6, 6.07) is 57.9. The molecule has 2 aliphatic carbocycles. The molecule has 10 rings (SSSR count). The third-order valence-electron chi connectivity index (χ3n) is 10.5. The van der Waals surface area contributed by atoms with E-state index in [1.807, 2.05) is 6.07 Å². The van der Waals surface area contributed by atoms with Gasteiger partial charge in [-0.3, -0.25) is 0 Å². The summed E-state index contributed by atoms with van der Waals surface area (Å²) in [5.74, 6) is 2.59. The summed E-state index contributed by atoms with van der Waals surface area (Å²) in [5.41, 5.74) is 13.3. The monoisotopic (exact) mass is 640 g/mol. The summed E-state index contributed by atoms with van der Waals surface area (Å²) in [6.45, 7) is 0. The number of hydrogen-bond acceptors (Lipinski definition) is 3. The standard InChI is InChI=1S/C47H32N2O/c1-3-15-31(16-4-1)34-19-7-8-22-37(34)43-30-42(32-17-5-2-6-18-32)48-46(49-43)33-27-28-41-45(29-33)50-44-26-14-13-25-40(44)47(41)38-23-11-9-20-35(38)36-21-10-12-24-39(36)47/h1-28,30,33H,29H2. The van der Waals surface area contributed by atoms with E-state index in [1.165, 1.54) is 33.4 Å². The van der Waals surface area contributed by atoms with E-state index in [9.17, 15) is 0 Å². The van der Waals surface area contributed by atoms with Crippen molar-refractivity contribution >= 4 is 0 Å². The molecule has 6 aromatic carbocycles. The van der Waals surface area contributed by atoms with E-state index in [0.717, 1.165) is 51.0 Å². The molecule has 50 heavy (non-hydrogen) atoms. The van der Waals surface area contributed by atoms with Crippen molar-refractivity contribution in [2.75, 3.05) is 0 Å². The van der Waals surface area contributed by atoms with Gasteiger partial charge in [0.05, 0.1) is 16.8 Å². The van der Waals surface area contributed by atoms with Crippen molar-refractivity contribution in [1.82, 2.24) is 9.97 Å². The molecule has 3 nitrogen and oxygen atoms in total. The minimum Gasteiger partial charge on any atom is -0.461 e. The Bertz CT molecular complexity index is 2450. The predicted molar refractivity (Wildman–Crippen MR) is 201 cm³/mol. The van der Waals surface area contributed by atoms with Gasteiger partial charge in [-0.15, -0.1) is 0 Å². The zero-order chi connectivity index (χ0) is 33.1. The van der Waals surface area contributed by atoms with E-state index in [-0.39, 0.29) is 5.92 Å². The summed E-state index contributed by atoms with van der Waals surface area (Å²) in [6.07, 6.45) is 5.26. The fourth-order valence-corrected chi connectivity index (χ4v) is 8.35. The van der Waals surface area contributed by atoms with Gasteiger partial charge in [0.2, 0.25) is 0 Å². The Morgan fingerprint density at radius 1 is 0.500 bits per heavy atom. The molecule has 0 amide bonds. The lowest BCUT2D eigenvalue weighted by atomic mass is 9.64. The molecule has 1 aliphatic heterocycles. The van der Waals surface area contributed by atoms with Gasteiger partial charge >= 0.3 is 0 Å². The highest BCUT2D eigenvalue weighted by molar-refractivity contribution is 5.88. The highest BCUT2D eigenvalue weighted by Crippen LogP contribution is 2.61. The molecule has 0 radical (unpaired) electrons. The number of rotatable bonds is 4. The fraction of sp³-hybridized carbons (Fsp3) is 0.0638. The number of benzene rings is 6. The molecule has 2 heterocycles. The number of ether oxygens (including phenoxy) is 1. The molecule has 0 saturated carbocycles. The van der Waals surface area contributed by atoms with Crippen LogP contribution in [-0.4, -0.2) is 9.97 Å². The molecule has 7 aromatic rings. The maximum atomic E-state index is 6.88. The molecule has 1 atom stereocenters. The van der Waals surface area contributed by atoms with Gasteiger partial charge in [-0.05, 0) is 45.5 Å². The van der Waals surface area contributed by atoms with Crippen LogP contribution in [0.1, 0.15) is 34.9 Å². The Labute approximate surface area is 291 Å². The van der Waals surface area contributed by atoms with Gasteiger partial charge < -0.3 is 4.74 Å². The first-order valence-electron chi connectivity index (χ1n) is 17.3. The lowest BCUT2D eigenvalue weighted by Gasteiger charge is -2.42. The van der Waals surface area contributed by atoms with Gasteiger partial charge in [0.25, 0.3) is 0 Å². The third-order valence-corrected chi connectivity index (χ3v) is 10.5. The van der Waals surface area contributed by atoms with Gasteiger partial charge in [-0.25, -0.2) is 9.97 Å². The second kappa shape index (κ2) is 11.4. The van der Waals surface area contributed by atoms with Crippen molar-refractivity contribution in [3.63, 3.8) is 0 Å². The second-order valence-corrected chi connectivity index (χ2v) is 13.2. The minimum absolute atomic E-state index is 0.0748. The van der Waals surface area contributed by atoms with E-state index in [1.54, 1.807) is 0 Å². The molecule has 0 N–H and O–H groups in total. The lowest BCUT2D eigenvalue weighted by Crippen LogP contribution is -2.35. The van der Waals surface area contributed by atoms with Crippen molar-refractivity contribution in [1.29, 1.82) is 0 Å². The molecular formula is C47H32N2O. The molecular weight excluding hydrogens is 609 g/mol. The van der Waals surface area contributed by atoms with Gasteiger partial charge in [-0.1, -0.05) is 164 Å². The summed E-state index contributed by atoms with van der Waals surface area (Å²) >= 11 is 0. The van der Waals surface area contributed by atoms with Gasteiger partial charge in [0.15, 0.2) is 0 Å². The van der Waals surface area contributed by atoms with Crippen molar-refractivity contribution < 1.29 is 4.74 Å². The summed E-state index contributed by atoms with van der Waals surface area (Å²) in [4.78, 5) is 10.6. The average Bonchev–Trinajstić information content (AvgIpc) is 3.49. The van der Waals surface area contributed by atoms with E-state index < -0.39 is 5.41 Å². The number of fused-ring (bicyclic) bond motifs is 8. The highest BCUT2D eigenvalue weighted by Gasteiger charge is 2.52. The van der Waals surface area contributed by atoms with E-state index in [2.05, 4.69) is 170 Å². The van der Waals surface area contributed by atoms with Gasteiger partial charge in [0, 0.05) is 34.6 Å². The maximum absolute atomic E-state index is 6.88. The Morgan fingerprint density at radius 3 is 1.74 bits per heavy atom. The number of para-hydroxylation sites is 1. The van der Waals surface area contributed by atoms with Crippen LogP contribution < -0.4 is 4.74 Å². The SMILES string of the molecule is C1=CC(c2nc(-c3ccccc3)cc(-c3ccccc3-c3ccccc3)n2)CC2=C1C1(c3ccccc3O2)c2ccccc2-c2ccccc21. The fourth-order valence-electron chi connectivity index (χ4n) is 8.35. The molecule has 1 unspecified atom stereocenters. The van der Waals surface area contributed by atoms with E-state index in [0.29, 0.717) is 6.42 Å². The Morgan fingerprint density at radius 2 is 1.04 bits per heavy atom. The lowest BCUT2D eigenvalue weighted by molar-refractivity contribution is 0.355. The van der Waals surface area contributed by atoms with Crippen molar-refractivity contribution in [3.8, 4) is 50.5 Å². The first kappa shape index (κ1) is 28.7. The van der Waals surface area contributed by atoms with Crippen molar-refractivity contribution in [3.05, 3.63) is 210 Å². The molecule has 0 saturated heterocycles. The smallest absolute Gasteiger partial charge is 0.136 e. The number of aromatic nitrogens is 2. The summed E-state index contributed by atoms with van der Waals surface area (Å²) in [7, 11) is 0.